The van der Waals surface area contributed by atoms with Crippen LogP contribution >= 0.6 is 28.6 Å². The van der Waals surface area contributed by atoms with Gasteiger partial charge in [-0.15, -0.1) is 17.0 Å². The lowest BCUT2D eigenvalue weighted by atomic mass is 10.2. The normalized spacial score (nSPS) is 9.69. The van der Waals surface area contributed by atoms with E-state index in [1.54, 1.807) is 0 Å². The van der Waals surface area contributed by atoms with Crippen molar-refractivity contribution in [1.82, 2.24) is 4.98 Å². The summed E-state index contributed by atoms with van der Waals surface area (Å²) in [6, 6.07) is 9.78. The lowest BCUT2D eigenvalue weighted by molar-refractivity contribution is 1.26. The molecule has 0 aliphatic heterocycles. The second-order valence-electron chi connectivity index (χ2n) is 2.79. The van der Waals surface area contributed by atoms with E-state index in [-0.39, 0.29) is 17.0 Å². The van der Waals surface area contributed by atoms with E-state index in [9.17, 15) is 0 Å². The summed E-state index contributed by atoms with van der Waals surface area (Å²) in [6.07, 6.45) is 0. The highest BCUT2D eigenvalue weighted by Gasteiger charge is 1.95. The summed E-state index contributed by atoms with van der Waals surface area (Å²) in [6.45, 7) is 1.97. The number of benzene rings is 1. The average molecular weight is 259 g/mol. The first-order valence-corrected chi connectivity index (χ1v) is 4.16. The molecule has 0 aliphatic rings. The Balaban J connectivity index is 0.000000845. The van der Waals surface area contributed by atoms with Gasteiger partial charge in [-0.3, -0.25) is 4.98 Å². The maximum atomic E-state index is 5.83. The molecule has 13 heavy (non-hydrogen) atoms. The summed E-state index contributed by atoms with van der Waals surface area (Å²) in [7, 11) is 0. The van der Waals surface area contributed by atoms with Crippen molar-refractivity contribution in [2.24, 2.45) is 0 Å². The second-order valence-corrected chi connectivity index (χ2v) is 3.23. The predicted molar refractivity (Wildman–Crippen MR) is 61.8 cm³/mol. The average Bonchev–Trinajstić information content (AvgIpc) is 2.03. The highest BCUT2D eigenvalue weighted by atomic mass is 79.9. The Labute approximate surface area is 92.5 Å². The minimum atomic E-state index is 0. The Morgan fingerprint density at radius 3 is 2.62 bits per heavy atom. The molecule has 0 spiro atoms. The van der Waals surface area contributed by atoms with Crippen molar-refractivity contribution in [2.45, 2.75) is 6.92 Å². The molecule has 2 rings (SSSR count). The van der Waals surface area contributed by atoms with E-state index < -0.39 is 0 Å². The summed E-state index contributed by atoms with van der Waals surface area (Å²) in [4.78, 5) is 4.35. The van der Waals surface area contributed by atoms with Crippen molar-refractivity contribution in [3.8, 4) is 0 Å². The zero-order valence-corrected chi connectivity index (χ0v) is 9.59. The third-order valence-electron chi connectivity index (χ3n) is 1.79. The lowest BCUT2D eigenvalue weighted by Crippen LogP contribution is -1.81. The highest BCUT2D eigenvalue weighted by Crippen LogP contribution is 2.17. The molecule has 1 heterocycles. The number of fused-ring (bicyclic) bond motifs is 1. The van der Waals surface area contributed by atoms with Gasteiger partial charge in [0.15, 0.2) is 0 Å². The van der Waals surface area contributed by atoms with Crippen molar-refractivity contribution in [3.05, 3.63) is 41.0 Å². The quantitative estimate of drug-likeness (QED) is 0.701. The van der Waals surface area contributed by atoms with Crippen LogP contribution in [0.15, 0.2) is 30.3 Å². The van der Waals surface area contributed by atoms with Crippen molar-refractivity contribution in [3.63, 3.8) is 0 Å². The van der Waals surface area contributed by atoms with Crippen molar-refractivity contribution in [2.75, 3.05) is 0 Å². The van der Waals surface area contributed by atoms with Gasteiger partial charge in [-0.25, -0.2) is 0 Å². The van der Waals surface area contributed by atoms with Gasteiger partial charge in [-0.2, -0.15) is 0 Å². The number of hydrogen-bond acceptors (Lipinski definition) is 1. The maximum Gasteiger partial charge on any atom is 0.0719 e. The molecule has 0 radical (unpaired) electrons. The largest absolute Gasteiger partial charge is 0.253 e. The van der Waals surface area contributed by atoms with Gasteiger partial charge in [0.05, 0.1) is 5.52 Å². The lowest BCUT2D eigenvalue weighted by Gasteiger charge is -1.98. The molecule has 0 saturated carbocycles. The van der Waals surface area contributed by atoms with Crippen LogP contribution in [0.1, 0.15) is 5.69 Å². The Hall–Kier alpha value is -0.600. The fourth-order valence-electron chi connectivity index (χ4n) is 1.19. The fraction of sp³-hybridized carbons (Fsp3) is 0.100. The molecule has 0 aliphatic carbocycles. The molecule has 1 aromatic carbocycles. The number of rotatable bonds is 0. The number of pyridine rings is 1. The van der Waals surface area contributed by atoms with E-state index >= 15 is 0 Å². The number of halogens is 2. The number of nitrogens with zero attached hydrogens (tertiary/aromatic N) is 1. The Kier molecular flexibility index (Phi) is 3.28. The smallest absolute Gasteiger partial charge is 0.0719 e. The molecule has 1 aromatic heterocycles. The molecule has 0 fully saturated rings. The van der Waals surface area contributed by atoms with Crippen LogP contribution in [0.2, 0.25) is 5.02 Å². The number of aryl methyl sites for hydroxylation is 1. The Bertz CT molecular complexity index is 391. The van der Waals surface area contributed by atoms with Crippen LogP contribution in [-0.4, -0.2) is 4.98 Å². The molecular formula is C10H9BrClN. The van der Waals surface area contributed by atoms with E-state index in [4.69, 9.17) is 11.6 Å². The minimum absolute atomic E-state index is 0. The molecule has 2 aromatic rings. The van der Waals surface area contributed by atoms with Gasteiger partial charge in [0.1, 0.15) is 0 Å². The van der Waals surface area contributed by atoms with Gasteiger partial charge >= 0.3 is 0 Å². The van der Waals surface area contributed by atoms with E-state index in [1.807, 2.05) is 37.3 Å². The molecule has 0 unspecified atom stereocenters. The van der Waals surface area contributed by atoms with Crippen LogP contribution in [0.5, 0.6) is 0 Å². The van der Waals surface area contributed by atoms with Crippen molar-refractivity contribution >= 4 is 39.5 Å². The van der Waals surface area contributed by atoms with Gasteiger partial charge in [-0.05, 0) is 25.1 Å². The molecule has 1 nitrogen and oxygen atoms in total. The first kappa shape index (κ1) is 10.5. The van der Waals surface area contributed by atoms with Gasteiger partial charge in [0.25, 0.3) is 0 Å². The maximum absolute atomic E-state index is 5.83. The zero-order chi connectivity index (χ0) is 8.55. The molecule has 3 heteroatoms. The van der Waals surface area contributed by atoms with Crippen molar-refractivity contribution < 1.29 is 0 Å². The molecule has 0 saturated heterocycles. The molecular weight excluding hydrogens is 249 g/mol. The molecule has 0 atom stereocenters. The first-order chi connectivity index (χ1) is 5.75. The minimum Gasteiger partial charge on any atom is -0.253 e. The molecule has 68 valence electrons. The summed E-state index contributed by atoms with van der Waals surface area (Å²) in [5, 5.41) is 1.87. The second kappa shape index (κ2) is 4.07. The standard InChI is InChI=1S/C10H8ClN.BrH/c1-7-2-3-8-4-5-9(11)6-10(8)12-7;/h2-6H,1H3;1H. The van der Waals surface area contributed by atoms with Crippen LogP contribution in [0.25, 0.3) is 10.9 Å². The van der Waals surface area contributed by atoms with E-state index in [2.05, 4.69) is 4.98 Å². The van der Waals surface area contributed by atoms with Gasteiger partial charge in [0.2, 0.25) is 0 Å². The van der Waals surface area contributed by atoms with Crippen LogP contribution in [0, 0.1) is 6.92 Å². The first-order valence-electron chi connectivity index (χ1n) is 3.78. The van der Waals surface area contributed by atoms with E-state index in [0.29, 0.717) is 0 Å². The molecule has 0 bridgehead atoms. The Morgan fingerprint density at radius 1 is 1.15 bits per heavy atom. The van der Waals surface area contributed by atoms with Crippen LogP contribution in [0.4, 0.5) is 0 Å². The van der Waals surface area contributed by atoms with Crippen molar-refractivity contribution in [1.29, 1.82) is 0 Å². The highest BCUT2D eigenvalue weighted by molar-refractivity contribution is 8.93. The number of aromatic nitrogens is 1. The van der Waals surface area contributed by atoms with E-state index in [0.717, 1.165) is 21.6 Å². The SMILES string of the molecule is Br.Cc1ccc2ccc(Cl)cc2n1. The summed E-state index contributed by atoms with van der Waals surface area (Å²) < 4.78 is 0. The van der Waals surface area contributed by atoms with Crippen LogP contribution < -0.4 is 0 Å². The monoisotopic (exact) mass is 257 g/mol. The third-order valence-corrected chi connectivity index (χ3v) is 2.03. The summed E-state index contributed by atoms with van der Waals surface area (Å²) in [5.74, 6) is 0. The fourth-order valence-corrected chi connectivity index (χ4v) is 1.36. The van der Waals surface area contributed by atoms with Crippen LogP contribution in [0.3, 0.4) is 0 Å². The van der Waals surface area contributed by atoms with Gasteiger partial charge in [-0.1, -0.05) is 23.7 Å². The third kappa shape index (κ3) is 2.20. The number of hydrogen-bond donors (Lipinski definition) is 0. The van der Waals surface area contributed by atoms with Gasteiger partial charge < -0.3 is 0 Å². The molecule has 0 N–H and O–H groups in total. The van der Waals surface area contributed by atoms with Gasteiger partial charge in [0, 0.05) is 16.1 Å². The Morgan fingerprint density at radius 2 is 1.85 bits per heavy atom. The summed E-state index contributed by atoms with van der Waals surface area (Å²) >= 11 is 5.83. The summed E-state index contributed by atoms with van der Waals surface area (Å²) in [5.41, 5.74) is 1.98. The van der Waals surface area contributed by atoms with Crippen LogP contribution in [-0.2, 0) is 0 Å². The van der Waals surface area contributed by atoms with E-state index in [1.165, 1.54) is 0 Å². The predicted octanol–water partition coefficient (Wildman–Crippen LogP) is 3.77. The topological polar surface area (TPSA) is 12.9 Å². The zero-order valence-electron chi connectivity index (χ0n) is 7.12. The molecule has 0 amide bonds.